The van der Waals surface area contributed by atoms with Crippen molar-refractivity contribution >= 4 is 29.9 Å². The summed E-state index contributed by atoms with van der Waals surface area (Å²) in [5.41, 5.74) is 6.19. The minimum atomic E-state index is -0.431. The lowest BCUT2D eigenvalue weighted by molar-refractivity contribution is 0.530. The van der Waals surface area contributed by atoms with E-state index in [1.54, 1.807) is 0 Å². The summed E-state index contributed by atoms with van der Waals surface area (Å²) in [6.07, 6.45) is 7.60. The third-order valence-electron chi connectivity index (χ3n) is 3.88. The van der Waals surface area contributed by atoms with Crippen LogP contribution in [0, 0.1) is 11.6 Å². The normalized spacial score (nSPS) is 16.7. The molecule has 1 saturated carbocycles. The van der Waals surface area contributed by atoms with E-state index in [1.807, 2.05) is 0 Å². The van der Waals surface area contributed by atoms with Gasteiger partial charge >= 0.3 is 0 Å². The largest absolute Gasteiger partial charge is 0.370 e. The SMILES string of the molecule is I.NC(=NCCc1cc(F)ccc1F)NC1CCCCCC1. The minimum Gasteiger partial charge on any atom is -0.370 e. The van der Waals surface area contributed by atoms with Gasteiger partial charge in [0.1, 0.15) is 11.6 Å². The first-order valence-electron chi connectivity index (χ1n) is 7.65. The number of aliphatic imine (C=N–C) groups is 1. The molecule has 0 saturated heterocycles. The molecule has 0 unspecified atom stereocenters. The molecule has 1 aliphatic carbocycles. The monoisotopic (exact) mass is 423 g/mol. The fourth-order valence-electron chi connectivity index (χ4n) is 2.71. The maximum Gasteiger partial charge on any atom is 0.188 e. The molecule has 1 aliphatic rings. The zero-order valence-electron chi connectivity index (χ0n) is 12.7. The smallest absolute Gasteiger partial charge is 0.188 e. The lowest BCUT2D eigenvalue weighted by Gasteiger charge is -2.16. The van der Waals surface area contributed by atoms with E-state index < -0.39 is 11.6 Å². The van der Waals surface area contributed by atoms with E-state index in [9.17, 15) is 8.78 Å². The van der Waals surface area contributed by atoms with Gasteiger partial charge in [0.2, 0.25) is 0 Å². The predicted molar refractivity (Wildman–Crippen MR) is 96.6 cm³/mol. The number of guanidine groups is 1. The van der Waals surface area contributed by atoms with Crippen LogP contribution in [0.3, 0.4) is 0 Å². The fourth-order valence-corrected chi connectivity index (χ4v) is 2.71. The summed E-state index contributed by atoms with van der Waals surface area (Å²) in [6.45, 7) is 0.353. The van der Waals surface area contributed by atoms with Crippen LogP contribution >= 0.6 is 24.0 Å². The average Bonchev–Trinajstić information content (AvgIpc) is 2.71. The van der Waals surface area contributed by atoms with Crippen LogP contribution in [0.1, 0.15) is 44.1 Å². The molecule has 0 aromatic heterocycles. The summed E-state index contributed by atoms with van der Waals surface area (Å²) in [5, 5.41) is 3.23. The van der Waals surface area contributed by atoms with E-state index >= 15 is 0 Å². The predicted octanol–water partition coefficient (Wildman–Crippen LogP) is 3.75. The number of nitrogens with two attached hydrogens (primary N) is 1. The molecule has 124 valence electrons. The summed E-state index contributed by atoms with van der Waals surface area (Å²) < 4.78 is 26.5. The first-order chi connectivity index (χ1) is 10.1. The molecule has 6 heteroatoms. The summed E-state index contributed by atoms with van der Waals surface area (Å²) in [7, 11) is 0. The maximum atomic E-state index is 13.4. The molecule has 0 heterocycles. The molecule has 1 fully saturated rings. The molecule has 3 N–H and O–H groups in total. The van der Waals surface area contributed by atoms with Gasteiger partial charge in [-0.25, -0.2) is 8.78 Å². The maximum absolute atomic E-state index is 13.4. The van der Waals surface area contributed by atoms with Crippen LogP contribution in [0.25, 0.3) is 0 Å². The van der Waals surface area contributed by atoms with Gasteiger partial charge in [0, 0.05) is 12.6 Å². The second-order valence-corrected chi connectivity index (χ2v) is 5.59. The van der Waals surface area contributed by atoms with Crippen molar-refractivity contribution in [3.05, 3.63) is 35.4 Å². The fraction of sp³-hybridized carbons (Fsp3) is 0.562. The Hall–Kier alpha value is -0.920. The summed E-state index contributed by atoms with van der Waals surface area (Å²) >= 11 is 0. The van der Waals surface area contributed by atoms with Crippen molar-refractivity contribution in [3.8, 4) is 0 Å². The number of hydrogen-bond donors (Lipinski definition) is 2. The standard InChI is InChI=1S/C16H23F2N3.HI/c17-13-7-8-15(18)12(11-13)9-10-20-16(19)21-14-5-3-1-2-4-6-14;/h7-8,11,14H,1-6,9-10H2,(H3,19,20,21);1H. The van der Waals surface area contributed by atoms with Crippen molar-refractivity contribution in [1.82, 2.24) is 5.32 Å². The van der Waals surface area contributed by atoms with E-state index in [1.165, 1.54) is 31.7 Å². The Balaban J connectivity index is 0.00000242. The van der Waals surface area contributed by atoms with Crippen molar-refractivity contribution in [3.63, 3.8) is 0 Å². The van der Waals surface area contributed by atoms with Crippen LogP contribution in [0.4, 0.5) is 8.78 Å². The molecule has 22 heavy (non-hydrogen) atoms. The number of hydrogen-bond acceptors (Lipinski definition) is 1. The highest BCUT2D eigenvalue weighted by Gasteiger charge is 2.12. The highest BCUT2D eigenvalue weighted by Crippen LogP contribution is 2.17. The Morgan fingerprint density at radius 3 is 2.55 bits per heavy atom. The zero-order chi connectivity index (χ0) is 15.1. The Bertz CT molecular complexity index is 486. The molecule has 0 aliphatic heterocycles. The van der Waals surface area contributed by atoms with Crippen LogP contribution in [0.2, 0.25) is 0 Å². The molecule has 0 spiro atoms. The van der Waals surface area contributed by atoms with Gasteiger partial charge < -0.3 is 11.1 Å². The van der Waals surface area contributed by atoms with Crippen molar-refractivity contribution < 1.29 is 8.78 Å². The van der Waals surface area contributed by atoms with Crippen LogP contribution in [0.15, 0.2) is 23.2 Å². The van der Waals surface area contributed by atoms with E-state index in [0.717, 1.165) is 25.0 Å². The Kier molecular flexibility index (Phi) is 8.67. The third kappa shape index (κ3) is 6.46. The van der Waals surface area contributed by atoms with E-state index in [0.29, 0.717) is 30.5 Å². The molecule has 1 aromatic rings. The molecule has 0 radical (unpaired) electrons. The molecule has 3 nitrogen and oxygen atoms in total. The number of nitrogens with zero attached hydrogens (tertiary/aromatic N) is 1. The topological polar surface area (TPSA) is 50.4 Å². The number of halogens is 3. The van der Waals surface area contributed by atoms with Crippen LogP contribution in [-0.2, 0) is 6.42 Å². The molecule has 1 aromatic carbocycles. The van der Waals surface area contributed by atoms with Crippen LogP contribution in [-0.4, -0.2) is 18.5 Å². The lowest BCUT2D eigenvalue weighted by atomic mass is 10.1. The highest BCUT2D eigenvalue weighted by molar-refractivity contribution is 14.0. The Morgan fingerprint density at radius 2 is 1.86 bits per heavy atom. The van der Waals surface area contributed by atoms with Crippen molar-refractivity contribution in [2.45, 2.75) is 51.0 Å². The zero-order valence-corrected chi connectivity index (χ0v) is 15.0. The third-order valence-corrected chi connectivity index (χ3v) is 3.88. The second kappa shape index (κ2) is 9.97. The summed E-state index contributed by atoms with van der Waals surface area (Å²) in [6, 6.07) is 3.85. The molecule has 2 rings (SSSR count). The Labute approximate surface area is 147 Å². The molecule has 0 atom stereocenters. The summed E-state index contributed by atoms with van der Waals surface area (Å²) in [4.78, 5) is 4.21. The quantitative estimate of drug-likeness (QED) is 0.336. The second-order valence-electron chi connectivity index (χ2n) is 5.59. The molecule has 0 bridgehead atoms. The van der Waals surface area contributed by atoms with Gasteiger partial charge in [0.25, 0.3) is 0 Å². The molecular formula is C16H24F2IN3. The van der Waals surface area contributed by atoms with Gasteiger partial charge in [-0.05, 0) is 43.0 Å². The summed E-state index contributed by atoms with van der Waals surface area (Å²) in [5.74, 6) is -0.430. The van der Waals surface area contributed by atoms with Crippen molar-refractivity contribution in [1.29, 1.82) is 0 Å². The van der Waals surface area contributed by atoms with Gasteiger partial charge in [-0.2, -0.15) is 0 Å². The van der Waals surface area contributed by atoms with Gasteiger partial charge in [-0.1, -0.05) is 25.7 Å². The van der Waals surface area contributed by atoms with Gasteiger partial charge in [0.15, 0.2) is 5.96 Å². The first kappa shape index (κ1) is 19.1. The van der Waals surface area contributed by atoms with Gasteiger partial charge in [-0.3, -0.25) is 4.99 Å². The molecule has 0 amide bonds. The van der Waals surface area contributed by atoms with Gasteiger partial charge in [0.05, 0.1) is 0 Å². The van der Waals surface area contributed by atoms with Crippen LogP contribution < -0.4 is 11.1 Å². The molecular weight excluding hydrogens is 399 g/mol. The van der Waals surface area contributed by atoms with E-state index in [4.69, 9.17) is 5.73 Å². The van der Waals surface area contributed by atoms with E-state index in [-0.39, 0.29) is 24.0 Å². The average molecular weight is 423 g/mol. The lowest BCUT2D eigenvalue weighted by Crippen LogP contribution is -2.40. The Morgan fingerprint density at radius 1 is 1.18 bits per heavy atom. The number of benzene rings is 1. The van der Waals surface area contributed by atoms with Crippen LogP contribution in [0.5, 0.6) is 0 Å². The van der Waals surface area contributed by atoms with E-state index in [2.05, 4.69) is 10.3 Å². The minimum absolute atomic E-state index is 0. The number of rotatable bonds is 4. The van der Waals surface area contributed by atoms with Crippen molar-refractivity contribution in [2.24, 2.45) is 10.7 Å². The highest BCUT2D eigenvalue weighted by atomic mass is 127. The number of nitrogens with one attached hydrogen (secondary N) is 1. The first-order valence-corrected chi connectivity index (χ1v) is 7.65. The van der Waals surface area contributed by atoms with Crippen molar-refractivity contribution in [2.75, 3.05) is 6.54 Å². The van der Waals surface area contributed by atoms with Gasteiger partial charge in [-0.15, -0.1) is 24.0 Å².